The van der Waals surface area contributed by atoms with Gasteiger partial charge >= 0.3 is 0 Å². The van der Waals surface area contributed by atoms with Gasteiger partial charge in [0.2, 0.25) is 0 Å². The molecule has 2 aliphatic rings. The molecule has 3 aromatic heterocycles. The Labute approximate surface area is 217 Å². The maximum atomic E-state index is 14.6. The van der Waals surface area contributed by atoms with E-state index in [1.807, 2.05) is 30.5 Å². The normalized spacial score (nSPS) is 23.2. The predicted molar refractivity (Wildman–Crippen MR) is 138 cm³/mol. The molecule has 0 spiro atoms. The highest BCUT2D eigenvalue weighted by Crippen LogP contribution is 2.63. The highest BCUT2D eigenvalue weighted by molar-refractivity contribution is 7.99. The molecule has 4 heterocycles. The summed E-state index contributed by atoms with van der Waals surface area (Å²) in [6.45, 7) is 2.18. The maximum absolute atomic E-state index is 14.6. The topological polar surface area (TPSA) is 85.8 Å². The molecule has 0 radical (unpaired) electrons. The fraction of sp³-hybridized carbons (Fsp3) is 0.308. The lowest BCUT2D eigenvalue weighted by molar-refractivity contribution is 0.505. The Hall–Kier alpha value is -3.01. The van der Waals surface area contributed by atoms with Crippen molar-refractivity contribution in [3.05, 3.63) is 83.8 Å². The van der Waals surface area contributed by atoms with Crippen molar-refractivity contribution in [1.29, 1.82) is 0 Å². The number of pyridine rings is 1. The van der Waals surface area contributed by atoms with E-state index in [9.17, 15) is 4.39 Å². The molecule has 2 fully saturated rings. The van der Waals surface area contributed by atoms with Crippen LogP contribution >= 0.6 is 23.4 Å². The van der Waals surface area contributed by atoms with Crippen molar-refractivity contribution in [1.82, 2.24) is 24.7 Å². The van der Waals surface area contributed by atoms with E-state index in [-0.39, 0.29) is 11.2 Å². The summed E-state index contributed by atoms with van der Waals surface area (Å²) in [6, 6.07) is 10.8. The minimum absolute atomic E-state index is 0.141. The van der Waals surface area contributed by atoms with E-state index in [1.165, 1.54) is 11.8 Å². The largest absolute Gasteiger partial charge is 0.355 e. The van der Waals surface area contributed by atoms with E-state index in [1.54, 1.807) is 41.6 Å². The van der Waals surface area contributed by atoms with Crippen LogP contribution in [0.1, 0.15) is 18.4 Å². The van der Waals surface area contributed by atoms with E-state index in [0.717, 1.165) is 47.2 Å². The third-order valence-corrected chi connectivity index (χ3v) is 9.01. The Bertz CT molecular complexity index is 1350. The van der Waals surface area contributed by atoms with Crippen LogP contribution in [0.4, 0.5) is 10.2 Å². The molecule has 6 rings (SSSR count). The zero-order valence-corrected chi connectivity index (χ0v) is 21.0. The summed E-state index contributed by atoms with van der Waals surface area (Å²) in [5.74, 6) is 2.07. The Morgan fingerprint density at radius 2 is 1.83 bits per heavy atom. The molecule has 36 heavy (non-hydrogen) atoms. The first-order valence-electron chi connectivity index (χ1n) is 12.0. The lowest BCUT2D eigenvalue weighted by Crippen LogP contribution is -2.31. The van der Waals surface area contributed by atoms with Crippen LogP contribution in [-0.2, 0) is 5.41 Å². The fourth-order valence-corrected chi connectivity index (χ4v) is 6.85. The number of halogens is 2. The van der Waals surface area contributed by atoms with E-state index in [2.05, 4.69) is 20.0 Å². The third-order valence-electron chi connectivity index (χ3n) is 7.54. The molecule has 0 bridgehead atoms. The maximum Gasteiger partial charge on any atom is 0.173 e. The van der Waals surface area contributed by atoms with Crippen LogP contribution in [0, 0.1) is 17.7 Å². The SMILES string of the molecule is NCC1(c2ccccc2F)[C@@H]2CCN(c3cnc(Sc4ccnc(-n5cccn5)c4Cl)cn3)CC[C@@H]21. The zero-order chi connectivity index (χ0) is 24.7. The summed E-state index contributed by atoms with van der Waals surface area (Å²) in [5.41, 5.74) is 6.78. The molecule has 1 aliphatic heterocycles. The van der Waals surface area contributed by atoms with Crippen molar-refractivity contribution in [2.24, 2.45) is 17.6 Å². The molecule has 10 heteroatoms. The van der Waals surface area contributed by atoms with Gasteiger partial charge in [-0.1, -0.05) is 41.6 Å². The molecule has 7 nitrogen and oxygen atoms in total. The summed E-state index contributed by atoms with van der Waals surface area (Å²) >= 11 is 8.03. The monoisotopic (exact) mass is 521 g/mol. The van der Waals surface area contributed by atoms with Gasteiger partial charge in [0.25, 0.3) is 0 Å². The van der Waals surface area contributed by atoms with E-state index < -0.39 is 0 Å². The summed E-state index contributed by atoms with van der Waals surface area (Å²) in [6.07, 6.45) is 10.7. The van der Waals surface area contributed by atoms with Gasteiger partial charge in [0.05, 0.1) is 17.4 Å². The molecule has 3 atom stereocenters. The molecule has 1 aliphatic carbocycles. The van der Waals surface area contributed by atoms with E-state index in [4.69, 9.17) is 22.3 Å². The van der Waals surface area contributed by atoms with Gasteiger partial charge in [-0.2, -0.15) is 5.10 Å². The van der Waals surface area contributed by atoms with E-state index >= 15 is 0 Å². The third kappa shape index (κ3) is 3.95. The molecule has 184 valence electrons. The predicted octanol–water partition coefficient (Wildman–Crippen LogP) is 4.74. The average Bonchev–Trinajstić information content (AvgIpc) is 3.29. The first kappa shape index (κ1) is 23.4. The number of nitrogens with zero attached hydrogens (tertiary/aromatic N) is 6. The van der Waals surface area contributed by atoms with Crippen LogP contribution < -0.4 is 10.6 Å². The number of nitrogens with two attached hydrogens (primary N) is 1. The second-order valence-electron chi connectivity index (χ2n) is 9.21. The standard InChI is InChI=1S/C26H25ClFN7S/c27-24-21(6-10-30-25(24)35-11-3-9-33-35)36-23-15-31-22(14-32-23)34-12-7-17-18(8-13-34)26(17,16-29)19-4-1-2-5-20(19)28/h1-6,9-11,14-15,17-18H,7-8,12-13,16,29H2/t17-,18+,26?. The molecule has 2 N–H and O–H groups in total. The highest BCUT2D eigenvalue weighted by atomic mass is 35.5. The van der Waals surface area contributed by atoms with Gasteiger partial charge in [0, 0.05) is 48.5 Å². The van der Waals surface area contributed by atoms with Crippen molar-refractivity contribution >= 4 is 29.2 Å². The van der Waals surface area contributed by atoms with Gasteiger partial charge in [-0.3, -0.25) is 0 Å². The molecule has 1 aromatic carbocycles. The molecule has 0 amide bonds. The van der Waals surface area contributed by atoms with Crippen LogP contribution in [0.3, 0.4) is 0 Å². The Morgan fingerprint density at radius 3 is 2.50 bits per heavy atom. The van der Waals surface area contributed by atoms with Crippen LogP contribution in [0.25, 0.3) is 5.82 Å². The van der Waals surface area contributed by atoms with E-state index in [0.29, 0.717) is 29.2 Å². The number of aromatic nitrogens is 5. The van der Waals surface area contributed by atoms with Crippen molar-refractivity contribution in [3.8, 4) is 5.82 Å². The summed E-state index contributed by atoms with van der Waals surface area (Å²) in [5, 5.41) is 5.48. The number of fused-ring (bicyclic) bond motifs is 1. The number of hydrogen-bond donors (Lipinski definition) is 1. The number of rotatable bonds is 6. The average molecular weight is 522 g/mol. The minimum atomic E-state index is -0.234. The molecule has 1 saturated carbocycles. The quantitative estimate of drug-likeness (QED) is 0.392. The van der Waals surface area contributed by atoms with Crippen LogP contribution in [0.15, 0.2) is 77.3 Å². The van der Waals surface area contributed by atoms with Crippen molar-refractivity contribution in [3.63, 3.8) is 0 Å². The van der Waals surface area contributed by atoms with Crippen LogP contribution in [0.2, 0.25) is 5.02 Å². The summed E-state index contributed by atoms with van der Waals surface area (Å²) in [4.78, 5) is 16.8. The zero-order valence-electron chi connectivity index (χ0n) is 19.5. The number of anilines is 1. The lowest BCUT2D eigenvalue weighted by atomic mass is 9.89. The van der Waals surface area contributed by atoms with Crippen molar-refractivity contribution in [2.75, 3.05) is 24.5 Å². The fourth-order valence-electron chi connectivity index (χ4n) is 5.79. The Morgan fingerprint density at radius 1 is 1.03 bits per heavy atom. The van der Waals surface area contributed by atoms with Crippen LogP contribution in [-0.4, -0.2) is 44.4 Å². The van der Waals surface area contributed by atoms with Gasteiger partial charge in [-0.15, -0.1) is 0 Å². The van der Waals surface area contributed by atoms with Gasteiger partial charge < -0.3 is 10.6 Å². The Kier molecular flexibility index (Phi) is 6.15. The Balaban J connectivity index is 1.14. The molecule has 1 saturated heterocycles. The number of hydrogen-bond acceptors (Lipinski definition) is 7. The van der Waals surface area contributed by atoms with Crippen molar-refractivity contribution in [2.45, 2.75) is 28.2 Å². The summed E-state index contributed by atoms with van der Waals surface area (Å²) < 4.78 is 16.2. The molecule has 1 unspecified atom stereocenters. The highest BCUT2D eigenvalue weighted by Gasteiger charge is 2.64. The van der Waals surface area contributed by atoms with Gasteiger partial charge in [-0.05, 0) is 48.4 Å². The molecule has 4 aromatic rings. The second-order valence-corrected chi connectivity index (χ2v) is 10.7. The van der Waals surface area contributed by atoms with Gasteiger partial charge in [0.1, 0.15) is 16.7 Å². The smallest absolute Gasteiger partial charge is 0.173 e. The molecular formula is C26H25ClFN7S. The first-order chi connectivity index (χ1) is 17.6. The van der Waals surface area contributed by atoms with Gasteiger partial charge in [-0.25, -0.2) is 24.0 Å². The molecular weight excluding hydrogens is 497 g/mol. The minimum Gasteiger partial charge on any atom is -0.355 e. The van der Waals surface area contributed by atoms with Gasteiger partial charge in [0.15, 0.2) is 5.82 Å². The summed E-state index contributed by atoms with van der Waals surface area (Å²) in [7, 11) is 0. The first-order valence-corrected chi connectivity index (χ1v) is 13.2. The van der Waals surface area contributed by atoms with Crippen LogP contribution in [0.5, 0.6) is 0 Å². The second kappa shape index (κ2) is 9.46. The number of benzene rings is 1. The lowest BCUT2D eigenvalue weighted by Gasteiger charge is -2.25. The van der Waals surface area contributed by atoms with Crippen molar-refractivity contribution < 1.29 is 4.39 Å².